The molecule has 0 amide bonds. The number of hydrogen-bond acceptors (Lipinski definition) is 2. The lowest BCUT2D eigenvalue weighted by atomic mass is 9.78. The normalized spacial score (nSPS) is 14.0. The summed E-state index contributed by atoms with van der Waals surface area (Å²) < 4.78 is 65.3. The zero-order valence-corrected chi connectivity index (χ0v) is 46.5. The highest BCUT2D eigenvalue weighted by atomic mass is 16.5. The number of para-hydroxylation sites is 2. The highest BCUT2D eigenvalue weighted by molar-refractivity contribution is 6.09. The van der Waals surface area contributed by atoms with Gasteiger partial charge in [0.05, 0.1) is 33.4 Å². The van der Waals surface area contributed by atoms with Crippen molar-refractivity contribution < 1.29 is 17.5 Å². The Kier molecular flexibility index (Phi) is 10.8. The Morgan fingerprint density at radius 1 is 0.468 bits per heavy atom. The van der Waals surface area contributed by atoms with Crippen molar-refractivity contribution in [2.75, 3.05) is 0 Å². The van der Waals surface area contributed by atoms with E-state index in [0.29, 0.717) is 28.3 Å². The van der Waals surface area contributed by atoms with E-state index in [9.17, 15) is 0 Å². The van der Waals surface area contributed by atoms with Crippen molar-refractivity contribution in [1.82, 2.24) is 14.1 Å². The van der Waals surface area contributed by atoms with Gasteiger partial charge in [-0.15, -0.1) is 0 Å². The molecule has 5 heteroatoms. The first-order chi connectivity index (χ1) is 38.9. The number of nitrogens with zero attached hydrogens (tertiary/aromatic N) is 4. The van der Waals surface area contributed by atoms with Gasteiger partial charge >= 0.3 is 0 Å². The Hall–Kier alpha value is -8.02. The molecule has 0 unspecified atom stereocenters. The number of fused-ring (bicyclic) bond motifs is 4. The maximum atomic E-state index is 8.68. The van der Waals surface area contributed by atoms with E-state index < -0.39 is 13.7 Å². The van der Waals surface area contributed by atoms with Crippen molar-refractivity contribution in [2.45, 2.75) is 118 Å². The van der Waals surface area contributed by atoms with E-state index in [2.05, 4.69) is 208 Å². The Balaban J connectivity index is 1.16. The van der Waals surface area contributed by atoms with E-state index >= 15 is 0 Å². The average Bonchev–Trinajstić information content (AvgIpc) is 2.97. The Morgan fingerprint density at radius 3 is 1.78 bits per heavy atom. The first-order valence-corrected chi connectivity index (χ1v) is 26.8. The zero-order chi connectivity index (χ0) is 59.3. The van der Waals surface area contributed by atoms with Crippen LogP contribution in [-0.2, 0) is 21.7 Å². The molecule has 0 N–H and O–H groups in total. The van der Waals surface area contributed by atoms with Crippen LogP contribution in [0.3, 0.4) is 0 Å². The van der Waals surface area contributed by atoms with Gasteiger partial charge in [0.25, 0.3) is 6.33 Å². The monoisotopic (exact) mass is 1010 g/mol. The number of imidazole rings is 1. The third kappa shape index (κ3) is 9.67. The summed E-state index contributed by atoms with van der Waals surface area (Å²) >= 11 is 0. The molecule has 0 aliphatic heterocycles. The van der Waals surface area contributed by atoms with Crippen LogP contribution in [0.15, 0.2) is 182 Å². The molecule has 77 heavy (non-hydrogen) atoms. The fraction of sp³-hybridized carbons (Fsp3) is 0.250. The van der Waals surface area contributed by atoms with E-state index in [0.717, 1.165) is 61.1 Å². The molecule has 0 bridgehead atoms. The number of aryl methyl sites for hydroxylation is 2. The van der Waals surface area contributed by atoms with E-state index in [4.69, 9.17) is 17.9 Å². The highest BCUT2D eigenvalue weighted by Crippen LogP contribution is 2.42. The molecule has 11 aromatic rings. The van der Waals surface area contributed by atoms with Crippen LogP contribution in [-0.4, -0.2) is 14.1 Å². The molecular formula is C72H72N4O. The number of benzene rings is 8. The van der Waals surface area contributed by atoms with Crippen LogP contribution in [0.5, 0.6) is 11.5 Å². The molecule has 3 heterocycles. The Morgan fingerprint density at radius 2 is 1.08 bits per heavy atom. The molecule has 0 radical (unpaired) electrons. The van der Waals surface area contributed by atoms with Crippen molar-refractivity contribution in [3.8, 4) is 62.1 Å². The van der Waals surface area contributed by atoms with E-state index in [1.54, 1.807) is 0 Å². The van der Waals surface area contributed by atoms with Gasteiger partial charge in [0.15, 0.2) is 0 Å². The van der Waals surface area contributed by atoms with Gasteiger partial charge in [0, 0.05) is 31.3 Å². The molecule has 0 atom stereocenters. The maximum absolute atomic E-state index is 8.68. The second kappa shape index (κ2) is 18.9. The lowest BCUT2D eigenvalue weighted by molar-refractivity contribution is -0.571. The van der Waals surface area contributed by atoms with Crippen molar-refractivity contribution in [3.05, 3.63) is 222 Å². The Labute approximate surface area is 464 Å². The van der Waals surface area contributed by atoms with Crippen LogP contribution in [0.2, 0.25) is 0 Å². The first-order valence-electron chi connectivity index (χ1n) is 29.8. The van der Waals surface area contributed by atoms with Gasteiger partial charge in [-0.1, -0.05) is 198 Å². The third-order valence-corrected chi connectivity index (χ3v) is 15.1. The Bertz CT molecular complexity index is 4260. The lowest BCUT2D eigenvalue weighted by Crippen LogP contribution is -2.31. The summed E-state index contributed by atoms with van der Waals surface area (Å²) in [5.41, 5.74) is 13.9. The SMILES string of the molecule is [2H]C([2H])([2H])c1cccc(C([2H])([2H])[2H])c1-c1ccc2c(c1)n(-c1cccc(Oc3ccc4c5ccccc5n(-c5cc(C(C)(C)C)ccn5)c4c3)c1)[c-][n+]2-c1c(-c2cccc(C(C)(C)C)c2)cccc1-c1cc(C(C)(C)C)cc(C(C)(C)C)c1. The number of pyridine rings is 1. The quantitative estimate of drug-likeness (QED) is 0.112. The van der Waals surface area contributed by atoms with Crippen molar-refractivity contribution >= 4 is 32.8 Å². The van der Waals surface area contributed by atoms with E-state index in [1.165, 1.54) is 40.5 Å². The third-order valence-electron chi connectivity index (χ3n) is 15.1. The van der Waals surface area contributed by atoms with Gasteiger partial charge in [-0.25, -0.2) is 4.98 Å². The van der Waals surface area contributed by atoms with Gasteiger partial charge in [0.2, 0.25) is 0 Å². The highest BCUT2D eigenvalue weighted by Gasteiger charge is 2.26. The van der Waals surface area contributed by atoms with Gasteiger partial charge in [-0.2, -0.15) is 0 Å². The zero-order valence-electron chi connectivity index (χ0n) is 52.5. The molecule has 3 aromatic heterocycles. The van der Waals surface area contributed by atoms with Gasteiger partial charge in [0.1, 0.15) is 17.3 Å². The summed E-state index contributed by atoms with van der Waals surface area (Å²) in [4.78, 5) is 4.91. The van der Waals surface area contributed by atoms with Crippen LogP contribution in [0.25, 0.3) is 83.4 Å². The number of rotatable bonds is 8. The molecule has 11 rings (SSSR count). The maximum Gasteiger partial charge on any atom is 0.269 e. The summed E-state index contributed by atoms with van der Waals surface area (Å²) in [7, 11) is 0. The van der Waals surface area contributed by atoms with Crippen molar-refractivity contribution in [2.24, 2.45) is 0 Å². The minimum atomic E-state index is -2.61. The predicted molar refractivity (Wildman–Crippen MR) is 323 cm³/mol. The molecule has 5 nitrogen and oxygen atoms in total. The lowest BCUT2D eigenvalue weighted by Gasteiger charge is -2.27. The summed E-state index contributed by atoms with van der Waals surface area (Å²) in [6, 6.07) is 59.2. The largest absolute Gasteiger partial charge is 0.458 e. The molecule has 386 valence electrons. The fourth-order valence-electron chi connectivity index (χ4n) is 10.6. The number of hydrogen-bond donors (Lipinski definition) is 0. The molecule has 8 aromatic carbocycles. The molecular weight excluding hydrogens is 937 g/mol. The smallest absolute Gasteiger partial charge is 0.269 e. The van der Waals surface area contributed by atoms with E-state index in [1.807, 2.05) is 59.3 Å². The van der Waals surface area contributed by atoms with Crippen LogP contribution in [0.1, 0.15) is 125 Å². The van der Waals surface area contributed by atoms with Crippen molar-refractivity contribution in [1.29, 1.82) is 0 Å². The molecule has 0 saturated heterocycles. The first kappa shape index (κ1) is 44.1. The second-order valence-corrected chi connectivity index (χ2v) is 24.8. The van der Waals surface area contributed by atoms with Crippen LogP contribution in [0, 0.1) is 20.0 Å². The van der Waals surface area contributed by atoms with Gasteiger partial charge in [-0.05, 0) is 157 Å². The van der Waals surface area contributed by atoms with Crippen molar-refractivity contribution in [3.63, 3.8) is 0 Å². The number of ether oxygens (including phenoxy) is 1. The number of aromatic nitrogens is 4. The summed E-state index contributed by atoms with van der Waals surface area (Å²) in [5, 5.41) is 2.18. The average molecular weight is 1020 g/mol. The molecule has 0 aliphatic carbocycles. The molecule has 0 saturated carbocycles. The topological polar surface area (TPSA) is 35.9 Å². The van der Waals surface area contributed by atoms with Gasteiger partial charge < -0.3 is 4.74 Å². The fourth-order valence-corrected chi connectivity index (χ4v) is 10.6. The minimum Gasteiger partial charge on any atom is -0.458 e. The molecule has 0 aliphatic rings. The van der Waals surface area contributed by atoms with E-state index in [-0.39, 0.29) is 38.4 Å². The molecule has 0 spiro atoms. The van der Waals surface area contributed by atoms with Crippen LogP contribution >= 0.6 is 0 Å². The summed E-state index contributed by atoms with van der Waals surface area (Å²) in [5.74, 6) is 2.02. The van der Waals surface area contributed by atoms with Crippen LogP contribution in [0.4, 0.5) is 0 Å². The standard InChI is InChI=1S/C72H72N4O/c1-46-21-17-22-47(2)67(46)49-31-34-63-65(40-49)74(55-25-19-26-56(43-55)77-57-32-33-61-60-27-15-16-30-62(60)76(64(61)44-57)66-42-52(35-36-73-66)70(6,7)8)45-75(63)68-58(48-23-18-24-51(37-48)69(3,4)5)28-20-29-59(68)50-38-53(71(9,10)11)41-54(39-50)72(12,13)14/h15-44H,1-14H3/i1D3,2D3. The molecule has 0 fully saturated rings. The summed E-state index contributed by atoms with van der Waals surface area (Å²) in [6.45, 7) is 21.6. The summed E-state index contributed by atoms with van der Waals surface area (Å²) in [6.07, 6.45) is 5.74. The minimum absolute atomic E-state index is 0.0377. The van der Waals surface area contributed by atoms with Crippen LogP contribution < -0.4 is 9.30 Å². The predicted octanol–water partition coefficient (Wildman–Crippen LogP) is 18.8. The van der Waals surface area contributed by atoms with Gasteiger partial charge in [-0.3, -0.25) is 13.7 Å². The second-order valence-electron chi connectivity index (χ2n) is 24.8.